The number of hydrogen-bond donors (Lipinski definition) is 2. The Labute approximate surface area is 167 Å². The van der Waals surface area contributed by atoms with Gasteiger partial charge in [-0.3, -0.25) is 9.59 Å². The summed E-state index contributed by atoms with van der Waals surface area (Å²) in [5, 5.41) is 7.53. The van der Waals surface area contributed by atoms with E-state index in [-0.39, 0.29) is 30.0 Å². The van der Waals surface area contributed by atoms with E-state index in [1.165, 1.54) is 11.3 Å². The number of para-hydroxylation sites is 2. The van der Waals surface area contributed by atoms with Crippen LogP contribution in [0.15, 0.2) is 60.0 Å². The molecule has 0 radical (unpaired) electrons. The smallest absolute Gasteiger partial charge is 0.275 e. The number of amides is 2. The fraction of sp³-hybridized carbons (Fsp3) is 0.190. The highest BCUT2D eigenvalue weighted by Gasteiger charge is 2.15. The van der Waals surface area contributed by atoms with Gasteiger partial charge >= 0.3 is 0 Å². The summed E-state index contributed by atoms with van der Waals surface area (Å²) in [7, 11) is 0. The highest BCUT2D eigenvalue weighted by Crippen LogP contribution is 2.26. The maximum absolute atomic E-state index is 12.5. The van der Waals surface area contributed by atoms with Crippen molar-refractivity contribution in [3.8, 4) is 5.75 Å². The number of hydrogen-bond acceptors (Lipinski definition) is 5. The highest BCUT2D eigenvalue weighted by atomic mass is 32.1. The first-order valence-corrected chi connectivity index (χ1v) is 9.75. The summed E-state index contributed by atoms with van der Waals surface area (Å²) in [4.78, 5) is 28.9. The van der Waals surface area contributed by atoms with Crippen molar-refractivity contribution >= 4 is 34.0 Å². The molecule has 0 bridgehead atoms. The molecule has 0 saturated heterocycles. The molecule has 0 aliphatic carbocycles. The minimum absolute atomic E-state index is 0.0104. The van der Waals surface area contributed by atoms with Crippen molar-refractivity contribution in [3.63, 3.8) is 0 Å². The molecule has 1 heterocycles. The molecule has 6 nitrogen and oxygen atoms in total. The molecule has 144 valence electrons. The van der Waals surface area contributed by atoms with Crippen LogP contribution < -0.4 is 15.4 Å². The van der Waals surface area contributed by atoms with Crippen LogP contribution in [0.3, 0.4) is 0 Å². The van der Waals surface area contributed by atoms with E-state index in [1.54, 1.807) is 17.5 Å². The number of benzene rings is 2. The van der Waals surface area contributed by atoms with Crippen molar-refractivity contribution < 1.29 is 14.3 Å². The first-order valence-electron chi connectivity index (χ1n) is 8.87. The number of ether oxygens (including phenoxy) is 1. The molecular weight excluding hydrogens is 374 g/mol. The van der Waals surface area contributed by atoms with Crippen LogP contribution in [0, 0.1) is 0 Å². The van der Waals surface area contributed by atoms with Gasteiger partial charge in [0, 0.05) is 5.38 Å². The number of rotatable bonds is 7. The molecule has 0 atom stereocenters. The number of aromatic nitrogens is 1. The van der Waals surface area contributed by atoms with Gasteiger partial charge in [0.1, 0.15) is 11.4 Å². The van der Waals surface area contributed by atoms with Gasteiger partial charge in [-0.05, 0) is 31.5 Å². The van der Waals surface area contributed by atoms with E-state index >= 15 is 0 Å². The van der Waals surface area contributed by atoms with Gasteiger partial charge in [0.15, 0.2) is 5.13 Å². The van der Waals surface area contributed by atoms with Crippen molar-refractivity contribution in [1.29, 1.82) is 0 Å². The Kier molecular flexibility index (Phi) is 6.39. The molecule has 2 amide bonds. The topological polar surface area (TPSA) is 80.3 Å². The lowest BCUT2D eigenvalue weighted by Crippen LogP contribution is -2.16. The van der Waals surface area contributed by atoms with Crippen molar-refractivity contribution in [2.45, 2.75) is 26.4 Å². The normalized spacial score (nSPS) is 10.5. The van der Waals surface area contributed by atoms with E-state index in [9.17, 15) is 9.59 Å². The van der Waals surface area contributed by atoms with E-state index in [0.717, 1.165) is 5.56 Å². The van der Waals surface area contributed by atoms with Crippen molar-refractivity contribution in [3.05, 3.63) is 71.2 Å². The summed E-state index contributed by atoms with van der Waals surface area (Å²) in [5.41, 5.74) is 1.72. The maximum Gasteiger partial charge on any atom is 0.275 e. The second-order valence-corrected chi connectivity index (χ2v) is 7.22. The number of thiazole rings is 1. The average molecular weight is 395 g/mol. The van der Waals surface area contributed by atoms with E-state index < -0.39 is 0 Å². The lowest BCUT2D eigenvalue weighted by atomic mass is 10.1. The van der Waals surface area contributed by atoms with Gasteiger partial charge in [-0.2, -0.15) is 0 Å². The van der Waals surface area contributed by atoms with Crippen LogP contribution in [0.4, 0.5) is 10.8 Å². The quantitative estimate of drug-likeness (QED) is 0.623. The summed E-state index contributed by atoms with van der Waals surface area (Å²) < 4.78 is 5.71. The molecule has 0 unspecified atom stereocenters. The number of anilines is 2. The Morgan fingerprint density at radius 2 is 1.75 bits per heavy atom. The SMILES string of the molecule is CC(C)Oc1ccccc1NC(=O)c1csc(NC(=O)Cc2ccccc2)n1. The van der Waals surface area contributed by atoms with E-state index in [2.05, 4.69) is 15.6 Å². The predicted octanol–water partition coefficient (Wildman–Crippen LogP) is 4.36. The van der Waals surface area contributed by atoms with Crippen LogP contribution in [0.1, 0.15) is 29.9 Å². The van der Waals surface area contributed by atoms with Gasteiger partial charge in [0.2, 0.25) is 5.91 Å². The van der Waals surface area contributed by atoms with E-state index in [0.29, 0.717) is 16.6 Å². The third-order valence-corrected chi connectivity index (χ3v) is 4.45. The monoisotopic (exact) mass is 395 g/mol. The molecule has 0 aliphatic rings. The van der Waals surface area contributed by atoms with Gasteiger partial charge in [-0.15, -0.1) is 11.3 Å². The lowest BCUT2D eigenvalue weighted by molar-refractivity contribution is -0.115. The fourth-order valence-electron chi connectivity index (χ4n) is 2.49. The molecular formula is C21H21N3O3S. The number of nitrogens with zero attached hydrogens (tertiary/aromatic N) is 1. The minimum Gasteiger partial charge on any atom is -0.489 e. The van der Waals surface area contributed by atoms with Crippen LogP contribution in [0.5, 0.6) is 5.75 Å². The average Bonchev–Trinajstić information content (AvgIpc) is 3.12. The van der Waals surface area contributed by atoms with Crippen LogP contribution in [-0.2, 0) is 11.2 Å². The fourth-order valence-corrected chi connectivity index (χ4v) is 3.20. The Morgan fingerprint density at radius 1 is 1.04 bits per heavy atom. The number of carbonyl (C=O) groups is 2. The zero-order chi connectivity index (χ0) is 19.9. The molecule has 0 spiro atoms. The second-order valence-electron chi connectivity index (χ2n) is 6.37. The molecule has 2 N–H and O–H groups in total. The van der Waals surface area contributed by atoms with Crippen LogP contribution in [-0.4, -0.2) is 22.9 Å². The first-order chi connectivity index (χ1) is 13.5. The molecule has 0 fully saturated rings. The maximum atomic E-state index is 12.5. The zero-order valence-corrected chi connectivity index (χ0v) is 16.5. The van der Waals surface area contributed by atoms with Gasteiger partial charge < -0.3 is 15.4 Å². The third-order valence-electron chi connectivity index (χ3n) is 3.69. The summed E-state index contributed by atoms with van der Waals surface area (Å²) in [6.45, 7) is 3.84. The molecule has 0 aliphatic heterocycles. The van der Waals surface area contributed by atoms with E-state index in [4.69, 9.17) is 4.74 Å². The summed E-state index contributed by atoms with van der Waals surface area (Å²) in [5.74, 6) is 0.0558. The molecule has 28 heavy (non-hydrogen) atoms. The molecule has 1 aromatic heterocycles. The molecule has 3 aromatic rings. The Hall–Kier alpha value is -3.19. The zero-order valence-electron chi connectivity index (χ0n) is 15.6. The second kappa shape index (κ2) is 9.14. The Bertz CT molecular complexity index is 954. The van der Waals surface area contributed by atoms with Crippen LogP contribution >= 0.6 is 11.3 Å². The lowest BCUT2D eigenvalue weighted by Gasteiger charge is -2.14. The highest BCUT2D eigenvalue weighted by molar-refractivity contribution is 7.14. The van der Waals surface area contributed by atoms with Gasteiger partial charge in [-0.25, -0.2) is 4.98 Å². The van der Waals surface area contributed by atoms with Crippen molar-refractivity contribution in [1.82, 2.24) is 4.98 Å². The Balaban J connectivity index is 1.62. The number of carbonyl (C=O) groups excluding carboxylic acids is 2. The summed E-state index contributed by atoms with van der Waals surface area (Å²) in [6, 6.07) is 16.7. The summed E-state index contributed by atoms with van der Waals surface area (Å²) >= 11 is 1.21. The standard InChI is InChI=1S/C21H21N3O3S/c1-14(2)27-18-11-7-6-10-16(18)22-20(26)17-13-28-21(23-17)24-19(25)12-15-8-4-3-5-9-15/h3-11,13-14H,12H2,1-2H3,(H,22,26)(H,23,24,25). The van der Waals surface area contributed by atoms with Crippen molar-refractivity contribution in [2.24, 2.45) is 0 Å². The van der Waals surface area contributed by atoms with Crippen molar-refractivity contribution in [2.75, 3.05) is 10.6 Å². The van der Waals surface area contributed by atoms with Gasteiger partial charge in [0.05, 0.1) is 18.2 Å². The summed E-state index contributed by atoms with van der Waals surface area (Å²) in [6.07, 6.45) is 0.241. The predicted molar refractivity (Wildman–Crippen MR) is 111 cm³/mol. The molecule has 0 saturated carbocycles. The van der Waals surface area contributed by atoms with E-state index in [1.807, 2.05) is 56.3 Å². The first kappa shape index (κ1) is 19.6. The molecule has 2 aromatic carbocycles. The Morgan fingerprint density at radius 3 is 2.50 bits per heavy atom. The van der Waals surface area contributed by atoms with Gasteiger partial charge in [0.25, 0.3) is 5.91 Å². The minimum atomic E-state index is -0.361. The molecule has 7 heteroatoms. The number of nitrogens with one attached hydrogen (secondary N) is 2. The molecule has 3 rings (SSSR count). The largest absolute Gasteiger partial charge is 0.489 e. The van der Waals surface area contributed by atoms with Crippen LogP contribution in [0.25, 0.3) is 0 Å². The van der Waals surface area contributed by atoms with Gasteiger partial charge in [-0.1, -0.05) is 42.5 Å². The van der Waals surface area contributed by atoms with Crippen LogP contribution in [0.2, 0.25) is 0 Å². The third kappa shape index (κ3) is 5.40.